The van der Waals surface area contributed by atoms with Crippen LogP contribution < -0.4 is 5.32 Å². The van der Waals surface area contributed by atoms with Gasteiger partial charge in [-0.05, 0) is 31.0 Å². The van der Waals surface area contributed by atoms with E-state index in [-0.39, 0.29) is 6.04 Å². The monoisotopic (exact) mass is 274 g/mol. The van der Waals surface area contributed by atoms with Gasteiger partial charge in [-0.1, -0.05) is 27.2 Å². The molecule has 1 rings (SSSR count). The number of nitrogens with one attached hydrogen (secondary N) is 1. The van der Waals surface area contributed by atoms with Gasteiger partial charge in [0.1, 0.15) is 0 Å². The highest BCUT2D eigenvalue weighted by atomic mass is 19.4. The summed E-state index contributed by atoms with van der Waals surface area (Å²) in [5.74, 6) is 0.508. The van der Waals surface area contributed by atoms with Crippen LogP contribution in [0.5, 0.6) is 0 Å². The molecule has 0 aliphatic carbocycles. The lowest BCUT2D eigenvalue weighted by atomic mass is 9.96. The minimum atomic E-state index is -4.32. The third kappa shape index (κ3) is 4.82. The Labute approximate surface area is 112 Å². The summed E-state index contributed by atoms with van der Waals surface area (Å²) < 4.78 is 37.4. The number of alkyl halides is 3. The van der Waals surface area contributed by atoms with E-state index in [9.17, 15) is 13.2 Å². The second-order valence-electron chi connectivity index (χ2n) is 4.83. The van der Waals surface area contributed by atoms with Crippen LogP contribution in [-0.2, 0) is 6.18 Å². The molecule has 2 nitrogen and oxygen atoms in total. The van der Waals surface area contributed by atoms with Crippen LogP contribution >= 0.6 is 0 Å². The molecule has 0 radical (unpaired) electrons. The Kier molecular flexibility index (Phi) is 5.79. The first kappa shape index (κ1) is 16.0. The van der Waals surface area contributed by atoms with E-state index in [0.29, 0.717) is 11.6 Å². The number of rotatable bonds is 6. The first-order valence-electron chi connectivity index (χ1n) is 6.65. The van der Waals surface area contributed by atoms with E-state index in [0.717, 1.165) is 31.6 Å². The Balaban J connectivity index is 2.85. The highest BCUT2D eigenvalue weighted by molar-refractivity contribution is 5.19. The number of aromatic nitrogens is 1. The third-order valence-electron chi connectivity index (χ3n) is 3.26. The van der Waals surface area contributed by atoms with E-state index >= 15 is 0 Å². The summed E-state index contributed by atoms with van der Waals surface area (Å²) in [4.78, 5) is 3.97. The van der Waals surface area contributed by atoms with Gasteiger partial charge in [-0.3, -0.25) is 4.98 Å². The van der Waals surface area contributed by atoms with Crippen molar-refractivity contribution in [3.05, 3.63) is 29.6 Å². The maximum absolute atomic E-state index is 12.5. The fourth-order valence-corrected chi connectivity index (χ4v) is 1.90. The molecular weight excluding hydrogens is 253 g/mol. The molecule has 0 saturated heterocycles. The second kappa shape index (κ2) is 6.89. The first-order valence-corrected chi connectivity index (χ1v) is 6.65. The van der Waals surface area contributed by atoms with Gasteiger partial charge in [0.05, 0.1) is 11.3 Å². The van der Waals surface area contributed by atoms with Crippen molar-refractivity contribution >= 4 is 0 Å². The summed E-state index contributed by atoms with van der Waals surface area (Å²) in [5, 5.41) is 3.28. The van der Waals surface area contributed by atoms with Crippen molar-refractivity contribution in [2.45, 2.75) is 45.8 Å². The van der Waals surface area contributed by atoms with E-state index in [1.54, 1.807) is 0 Å². The van der Waals surface area contributed by atoms with Crippen LogP contribution in [0.4, 0.5) is 13.2 Å². The van der Waals surface area contributed by atoms with Gasteiger partial charge >= 0.3 is 6.18 Å². The molecule has 1 heterocycles. The fourth-order valence-electron chi connectivity index (χ4n) is 1.90. The summed E-state index contributed by atoms with van der Waals surface area (Å²) in [7, 11) is 0. The maximum atomic E-state index is 12.5. The molecule has 19 heavy (non-hydrogen) atoms. The van der Waals surface area contributed by atoms with Crippen LogP contribution in [0.3, 0.4) is 0 Å². The van der Waals surface area contributed by atoms with E-state index in [2.05, 4.69) is 24.1 Å². The topological polar surface area (TPSA) is 24.9 Å². The van der Waals surface area contributed by atoms with Crippen LogP contribution in [0.2, 0.25) is 0 Å². The zero-order valence-electron chi connectivity index (χ0n) is 11.6. The molecule has 0 spiro atoms. The fraction of sp³-hybridized carbons (Fsp3) is 0.643. The first-order chi connectivity index (χ1) is 8.88. The molecule has 0 bridgehead atoms. The number of hydrogen-bond acceptors (Lipinski definition) is 2. The highest BCUT2D eigenvalue weighted by Gasteiger charge is 2.31. The zero-order chi connectivity index (χ0) is 14.5. The number of halogens is 3. The van der Waals surface area contributed by atoms with Crippen molar-refractivity contribution in [3.63, 3.8) is 0 Å². The van der Waals surface area contributed by atoms with Gasteiger partial charge < -0.3 is 5.32 Å². The van der Waals surface area contributed by atoms with Gasteiger partial charge in [-0.15, -0.1) is 0 Å². The molecule has 2 atom stereocenters. The van der Waals surface area contributed by atoms with Crippen LogP contribution in [0.25, 0.3) is 0 Å². The van der Waals surface area contributed by atoms with Crippen LogP contribution in [0, 0.1) is 5.92 Å². The lowest BCUT2D eigenvalue weighted by Crippen LogP contribution is -2.24. The summed E-state index contributed by atoms with van der Waals surface area (Å²) in [6.07, 6.45) is -1.49. The Morgan fingerprint density at radius 1 is 1.26 bits per heavy atom. The lowest BCUT2D eigenvalue weighted by Gasteiger charge is -2.21. The van der Waals surface area contributed by atoms with E-state index in [1.807, 2.05) is 6.92 Å². The summed E-state index contributed by atoms with van der Waals surface area (Å²) in [6, 6.07) is 2.59. The molecular formula is C14H21F3N2. The minimum Gasteiger partial charge on any atom is -0.309 e. The normalized spacial score (nSPS) is 15.3. The molecule has 2 unspecified atom stereocenters. The molecule has 0 amide bonds. The number of nitrogens with zero attached hydrogens (tertiary/aromatic N) is 1. The smallest absolute Gasteiger partial charge is 0.309 e. The molecule has 0 fully saturated rings. The van der Waals surface area contributed by atoms with Crippen molar-refractivity contribution in [2.75, 3.05) is 6.54 Å². The Morgan fingerprint density at radius 2 is 1.95 bits per heavy atom. The predicted octanol–water partition coefficient (Wildman–Crippen LogP) is 4.19. The maximum Gasteiger partial charge on any atom is 0.417 e. The third-order valence-corrected chi connectivity index (χ3v) is 3.26. The summed E-state index contributed by atoms with van der Waals surface area (Å²) in [6.45, 7) is 6.99. The average molecular weight is 274 g/mol. The Morgan fingerprint density at radius 3 is 2.37 bits per heavy atom. The van der Waals surface area contributed by atoms with Gasteiger partial charge in [0, 0.05) is 12.2 Å². The van der Waals surface area contributed by atoms with Crippen LogP contribution in [0.1, 0.15) is 50.9 Å². The molecule has 1 aromatic heterocycles. The second-order valence-corrected chi connectivity index (χ2v) is 4.83. The SMILES string of the molecule is CCNC(CC(C)CC)c1ccc(C(F)(F)F)cn1. The zero-order valence-corrected chi connectivity index (χ0v) is 11.6. The molecule has 0 aliphatic rings. The van der Waals surface area contributed by atoms with Crippen molar-refractivity contribution in [2.24, 2.45) is 5.92 Å². The van der Waals surface area contributed by atoms with Crippen molar-refractivity contribution in [3.8, 4) is 0 Å². The summed E-state index contributed by atoms with van der Waals surface area (Å²) in [5.41, 5.74) is -0.0230. The molecule has 0 aromatic carbocycles. The Hall–Kier alpha value is -1.10. The molecule has 0 aliphatic heterocycles. The van der Waals surface area contributed by atoms with Crippen LogP contribution in [0.15, 0.2) is 18.3 Å². The molecule has 1 N–H and O–H groups in total. The van der Waals surface area contributed by atoms with Gasteiger partial charge in [0.25, 0.3) is 0 Å². The largest absolute Gasteiger partial charge is 0.417 e. The standard InChI is InChI=1S/C14H21F3N2/c1-4-10(3)8-13(18-5-2)12-7-6-11(9-19-12)14(15,16)17/h6-7,9-10,13,18H,4-5,8H2,1-3H3. The highest BCUT2D eigenvalue weighted by Crippen LogP contribution is 2.29. The van der Waals surface area contributed by atoms with Gasteiger partial charge in [0.15, 0.2) is 0 Å². The molecule has 0 saturated carbocycles. The molecule has 108 valence electrons. The Bertz CT molecular complexity index is 373. The number of pyridine rings is 1. The number of hydrogen-bond donors (Lipinski definition) is 1. The predicted molar refractivity (Wildman–Crippen MR) is 69.7 cm³/mol. The van der Waals surface area contributed by atoms with Gasteiger partial charge in [0.2, 0.25) is 0 Å². The van der Waals surface area contributed by atoms with E-state index in [1.165, 1.54) is 6.07 Å². The van der Waals surface area contributed by atoms with E-state index in [4.69, 9.17) is 0 Å². The lowest BCUT2D eigenvalue weighted by molar-refractivity contribution is -0.137. The summed E-state index contributed by atoms with van der Waals surface area (Å²) >= 11 is 0. The van der Waals surface area contributed by atoms with Gasteiger partial charge in [-0.25, -0.2) is 0 Å². The molecule has 5 heteroatoms. The van der Waals surface area contributed by atoms with Crippen molar-refractivity contribution < 1.29 is 13.2 Å². The molecule has 1 aromatic rings. The average Bonchev–Trinajstić information content (AvgIpc) is 2.37. The van der Waals surface area contributed by atoms with Gasteiger partial charge in [-0.2, -0.15) is 13.2 Å². The quantitative estimate of drug-likeness (QED) is 0.841. The van der Waals surface area contributed by atoms with Crippen molar-refractivity contribution in [1.82, 2.24) is 10.3 Å². The van der Waals surface area contributed by atoms with E-state index < -0.39 is 11.7 Å². The minimum absolute atomic E-state index is 0.0160. The van der Waals surface area contributed by atoms with Crippen molar-refractivity contribution in [1.29, 1.82) is 0 Å². The van der Waals surface area contributed by atoms with Crippen LogP contribution in [-0.4, -0.2) is 11.5 Å².